The van der Waals surface area contributed by atoms with Crippen LogP contribution >= 0.6 is 12.6 Å². The number of azo groups is 1. The van der Waals surface area contributed by atoms with Crippen LogP contribution in [0.2, 0.25) is 0 Å². The molecule has 0 fully saturated rings. The molecule has 0 saturated heterocycles. The van der Waals surface area contributed by atoms with Crippen molar-refractivity contribution < 1.29 is 4.74 Å². The van der Waals surface area contributed by atoms with Gasteiger partial charge in [0.2, 0.25) is 0 Å². The van der Waals surface area contributed by atoms with E-state index < -0.39 is 0 Å². The standard InChI is InChI=1S/C16H18N2OS/c20-13-5-4-12-19-16-10-8-15(9-11-16)18-17-14-6-2-1-3-7-14/h1-3,6-11,20H,4-5,12-13H2. The number of hydrogen-bond donors (Lipinski definition) is 1. The van der Waals surface area contributed by atoms with Crippen molar-refractivity contribution in [3.63, 3.8) is 0 Å². The van der Waals surface area contributed by atoms with E-state index in [1.807, 2.05) is 54.6 Å². The van der Waals surface area contributed by atoms with Crippen LogP contribution in [0.1, 0.15) is 12.8 Å². The molecule has 20 heavy (non-hydrogen) atoms. The minimum absolute atomic E-state index is 0.728. The minimum atomic E-state index is 0.728. The Morgan fingerprint density at radius 3 is 2.10 bits per heavy atom. The molecule has 4 heteroatoms. The van der Waals surface area contributed by atoms with Crippen LogP contribution in [0.25, 0.3) is 0 Å². The maximum atomic E-state index is 5.62. The van der Waals surface area contributed by atoms with Gasteiger partial charge in [-0.25, -0.2) is 0 Å². The summed E-state index contributed by atoms with van der Waals surface area (Å²) < 4.78 is 5.62. The van der Waals surface area contributed by atoms with Gasteiger partial charge in [0, 0.05) is 0 Å². The number of nitrogens with zero attached hydrogens (tertiary/aromatic N) is 2. The lowest BCUT2D eigenvalue weighted by molar-refractivity contribution is 0.310. The Morgan fingerprint density at radius 2 is 1.45 bits per heavy atom. The molecule has 3 nitrogen and oxygen atoms in total. The number of benzene rings is 2. The number of rotatable bonds is 7. The van der Waals surface area contributed by atoms with E-state index in [0.717, 1.165) is 42.3 Å². The minimum Gasteiger partial charge on any atom is -0.494 e. The highest BCUT2D eigenvalue weighted by Gasteiger charge is 1.95. The third-order valence-corrected chi connectivity index (χ3v) is 3.01. The van der Waals surface area contributed by atoms with Crippen LogP contribution < -0.4 is 4.74 Å². The van der Waals surface area contributed by atoms with Crippen LogP contribution in [-0.4, -0.2) is 12.4 Å². The highest BCUT2D eigenvalue weighted by Crippen LogP contribution is 2.21. The summed E-state index contributed by atoms with van der Waals surface area (Å²) in [5.41, 5.74) is 1.66. The summed E-state index contributed by atoms with van der Waals surface area (Å²) in [7, 11) is 0. The predicted molar refractivity (Wildman–Crippen MR) is 85.6 cm³/mol. The molecule has 0 aliphatic rings. The van der Waals surface area contributed by atoms with Crippen molar-refractivity contribution in [2.75, 3.05) is 12.4 Å². The summed E-state index contributed by atoms with van der Waals surface area (Å²) >= 11 is 4.17. The van der Waals surface area contributed by atoms with Crippen molar-refractivity contribution >= 4 is 24.0 Å². The molecule has 0 bridgehead atoms. The molecule has 0 N–H and O–H groups in total. The summed E-state index contributed by atoms with van der Waals surface area (Å²) in [6.45, 7) is 0.728. The second-order valence-electron chi connectivity index (χ2n) is 4.31. The smallest absolute Gasteiger partial charge is 0.119 e. The number of thiol groups is 1. The quantitative estimate of drug-likeness (QED) is 0.424. The fourth-order valence-corrected chi connectivity index (χ4v) is 1.85. The third kappa shape index (κ3) is 5.05. The zero-order valence-electron chi connectivity index (χ0n) is 11.3. The van der Waals surface area contributed by atoms with E-state index in [9.17, 15) is 0 Å². The first-order valence-corrected chi connectivity index (χ1v) is 7.32. The van der Waals surface area contributed by atoms with E-state index in [-0.39, 0.29) is 0 Å². The molecule has 2 rings (SSSR count). The Labute approximate surface area is 125 Å². The second-order valence-corrected chi connectivity index (χ2v) is 4.76. The van der Waals surface area contributed by atoms with E-state index in [0.29, 0.717) is 0 Å². The molecule has 0 aliphatic heterocycles. The predicted octanol–water partition coefficient (Wildman–Crippen LogP) is 5.19. The molecule has 0 heterocycles. The molecule has 0 radical (unpaired) electrons. The van der Waals surface area contributed by atoms with Crippen molar-refractivity contribution in [3.8, 4) is 5.75 Å². The SMILES string of the molecule is SCCCCOc1ccc(N=Nc2ccccc2)cc1. The van der Waals surface area contributed by atoms with Crippen molar-refractivity contribution in [1.29, 1.82) is 0 Å². The number of ether oxygens (including phenoxy) is 1. The maximum absolute atomic E-state index is 5.62. The molecule has 2 aromatic carbocycles. The molecule has 0 aromatic heterocycles. The summed E-state index contributed by atoms with van der Waals surface area (Å²) in [6.07, 6.45) is 2.10. The van der Waals surface area contributed by atoms with Crippen LogP contribution in [0.5, 0.6) is 5.75 Å². The summed E-state index contributed by atoms with van der Waals surface area (Å²) in [6, 6.07) is 17.3. The normalized spacial score (nSPS) is 10.8. The number of hydrogen-bond acceptors (Lipinski definition) is 4. The lowest BCUT2D eigenvalue weighted by Gasteiger charge is -2.05. The van der Waals surface area contributed by atoms with Gasteiger partial charge < -0.3 is 4.74 Å². The molecular formula is C16H18N2OS. The zero-order valence-corrected chi connectivity index (χ0v) is 12.2. The van der Waals surface area contributed by atoms with Crippen LogP contribution in [0.15, 0.2) is 64.8 Å². The highest BCUT2D eigenvalue weighted by atomic mass is 32.1. The summed E-state index contributed by atoms with van der Waals surface area (Å²) in [4.78, 5) is 0. The van der Waals surface area contributed by atoms with Gasteiger partial charge in [0.15, 0.2) is 0 Å². The molecule has 0 spiro atoms. The van der Waals surface area contributed by atoms with Gasteiger partial charge in [0.05, 0.1) is 18.0 Å². The largest absolute Gasteiger partial charge is 0.494 e. The molecule has 0 saturated carbocycles. The fraction of sp³-hybridized carbons (Fsp3) is 0.250. The first-order chi connectivity index (χ1) is 9.88. The van der Waals surface area contributed by atoms with Gasteiger partial charge in [-0.05, 0) is 55.0 Å². The summed E-state index contributed by atoms with van der Waals surface area (Å²) in [5.74, 6) is 1.77. The monoisotopic (exact) mass is 286 g/mol. The van der Waals surface area contributed by atoms with Gasteiger partial charge in [-0.2, -0.15) is 22.9 Å². The topological polar surface area (TPSA) is 34.0 Å². The molecule has 0 amide bonds. The van der Waals surface area contributed by atoms with Gasteiger partial charge in [-0.15, -0.1) is 0 Å². The van der Waals surface area contributed by atoms with Crippen molar-refractivity contribution in [2.45, 2.75) is 12.8 Å². The average molecular weight is 286 g/mol. The lowest BCUT2D eigenvalue weighted by atomic mass is 10.3. The van der Waals surface area contributed by atoms with Crippen LogP contribution in [0, 0.1) is 0 Å². The number of unbranched alkanes of at least 4 members (excludes halogenated alkanes) is 1. The van der Waals surface area contributed by atoms with Gasteiger partial charge in [0.25, 0.3) is 0 Å². The molecule has 0 atom stereocenters. The van der Waals surface area contributed by atoms with Gasteiger partial charge in [-0.1, -0.05) is 18.2 Å². The molecule has 0 unspecified atom stereocenters. The first-order valence-electron chi connectivity index (χ1n) is 6.69. The third-order valence-electron chi connectivity index (χ3n) is 2.70. The van der Waals surface area contributed by atoms with Crippen LogP contribution in [0.4, 0.5) is 11.4 Å². The molecule has 0 aliphatic carbocycles. The zero-order chi connectivity index (χ0) is 14.0. The molecule has 104 valence electrons. The highest BCUT2D eigenvalue weighted by molar-refractivity contribution is 7.80. The van der Waals surface area contributed by atoms with Crippen molar-refractivity contribution in [1.82, 2.24) is 0 Å². The van der Waals surface area contributed by atoms with E-state index in [2.05, 4.69) is 22.9 Å². The van der Waals surface area contributed by atoms with Crippen molar-refractivity contribution in [2.24, 2.45) is 10.2 Å². The van der Waals surface area contributed by atoms with Gasteiger partial charge in [0.1, 0.15) is 5.75 Å². The molecular weight excluding hydrogens is 268 g/mol. The van der Waals surface area contributed by atoms with Crippen LogP contribution in [0.3, 0.4) is 0 Å². The fourth-order valence-electron chi connectivity index (χ4n) is 1.62. The van der Waals surface area contributed by atoms with Crippen LogP contribution in [-0.2, 0) is 0 Å². The van der Waals surface area contributed by atoms with E-state index >= 15 is 0 Å². The first kappa shape index (κ1) is 14.6. The second kappa shape index (κ2) is 8.38. The Balaban J connectivity index is 1.87. The molecule has 2 aromatic rings. The van der Waals surface area contributed by atoms with Gasteiger partial charge in [-0.3, -0.25) is 0 Å². The average Bonchev–Trinajstić information content (AvgIpc) is 2.52. The van der Waals surface area contributed by atoms with E-state index in [4.69, 9.17) is 4.74 Å². The summed E-state index contributed by atoms with van der Waals surface area (Å²) in [5, 5.41) is 8.36. The van der Waals surface area contributed by atoms with Gasteiger partial charge >= 0.3 is 0 Å². The van der Waals surface area contributed by atoms with E-state index in [1.54, 1.807) is 0 Å². The Morgan fingerprint density at radius 1 is 0.800 bits per heavy atom. The Bertz CT molecular complexity index is 526. The Kier molecular flexibility index (Phi) is 6.11. The van der Waals surface area contributed by atoms with E-state index in [1.165, 1.54) is 0 Å². The lowest BCUT2D eigenvalue weighted by Crippen LogP contribution is -1.97. The Hall–Kier alpha value is -1.81. The van der Waals surface area contributed by atoms with Crippen molar-refractivity contribution in [3.05, 3.63) is 54.6 Å². The maximum Gasteiger partial charge on any atom is 0.119 e.